The molecular weight excluding hydrogens is 294 g/mol. The van der Waals surface area contributed by atoms with E-state index in [0.717, 1.165) is 6.42 Å². The maximum atomic E-state index is 6.38. The molecule has 2 heterocycles. The summed E-state index contributed by atoms with van der Waals surface area (Å²) in [5, 5.41) is 1.37. The molecule has 0 aliphatic heterocycles. The van der Waals surface area contributed by atoms with Crippen LogP contribution in [0.4, 0.5) is 0 Å². The number of rotatable bonds is 2. The topological polar surface area (TPSA) is 28.9 Å². The van der Waals surface area contributed by atoms with Gasteiger partial charge in [0, 0.05) is 40.9 Å². The minimum absolute atomic E-state index is 0.492. The number of furan rings is 1. The van der Waals surface area contributed by atoms with Crippen molar-refractivity contribution in [1.29, 1.82) is 0 Å². The lowest BCUT2D eigenvalue weighted by Gasteiger charge is -2.21. The Hall–Kier alpha value is -1.96. The quantitative estimate of drug-likeness (QED) is 0.592. The van der Waals surface area contributed by atoms with Gasteiger partial charge in [-0.1, -0.05) is 37.5 Å². The number of hydrogen-bond donors (Lipinski definition) is 1. The summed E-state index contributed by atoms with van der Waals surface area (Å²) in [5.74, 6) is 3.68. The SMILES string of the molecule is c1ccc2c([C@@H]3CCCc4oc(C5CCCCC5)cc43)c[nH]c2c1. The van der Waals surface area contributed by atoms with Crippen molar-refractivity contribution >= 4 is 10.9 Å². The Morgan fingerprint density at radius 1 is 0.917 bits per heavy atom. The van der Waals surface area contributed by atoms with Crippen molar-refractivity contribution in [2.45, 2.75) is 63.2 Å². The molecule has 1 N–H and O–H groups in total. The number of nitrogens with one attached hydrogen (secondary N) is 1. The van der Waals surface area contributed by atoms with Gasteiger partial charge in [-0.25, -0.2) is 0 Å². The number of aromatic nitrogens is 1. The van der Waals surface area contributed by atoms with E-state index in [9.17, 15) is 0 Å². The van der Waals surface area contributed by atoms with Crippen LogP contribution in [-0.2, 0) is 6.42 Å². The first-order valence-electron chi connectivity index (χ1n) is 9.58. The molecule has 1 aromatic carbocycles. The molecule has 24 heavy (non-hydrogen) atoms. The molecule has 0 unspecified atom stereocenters. The smallest absolute Gasteiger partial charge is 0.108 e. The minimum Gasteiger partial charge on any atom is -0.465 e. The van der Waals surface area contributed by atoms with Gasteiger partial charge in [-0.3, -0.25) is 0 Å². The summed E-state index contributed by atoms with van der Waals surface area (Å²) in [6.45, 7) is 0. The van der Waals surface area contributed by atoms with Gasteiger partial charge in [0.05, 0.1) is 0 Å². The second-order valence-electron chi connectivity index (χ2n) is 7.60. The standard InChI is InChI=1S/C22H25NO/c1-2-7-15(8-3-1)22-13-18-16(10-6-12-21(18)24-22)19-14-23-20-11-5-4-9-17(19)20/h4-5,9,11,13-16,23H,1-3,6-8,10,12H2/t16-/m1/s1. The van der Waals surface area contributed by atoms with E-state index in [4.69, 9.17) is 4.42 Å². The largest absolute Gasteiger partial charge is 0.465 e. The predicted octanol–water partition coefficient (Wildman–Crippen LogP) is 6.28. The monoisotopic (exact) mass is 319 g/mol. The second-order valence-corrected chi connectivity index (χ2v) is 7.60. The molecule has 1 fully saturated rings. The third-order valence-electron chi connectivity index (χ3n) is 6.14. The number of aryl methyl sites for hydroxylation is 1. The molecule has 2 aromatic heterocycles. The highest BCUT2D eigenvalue weighted by Crippen LogP contribution is 2.43. The fourth-order valence-electron chi connectivity index (χ4n) is 4.87. The molecule has 5 rings (SSSR count). The first kappa shape index (κ1) is 14.4. The Morgan fingerprint density at radius 3 is 2.71 bits per heavy atom. The van der Waals surface area contributed by atoms with Gasteiger partial charge in [0.2, 0.25) is 0 Å². The molecule has 0 radical (unpaired) electrons. The highest BCUT2D eigenvalue weighted by atomic mass is 16.3. The molecular formula is C22H25NO. The van der Waals surface area contributed by atoms with E-state index in [1.807, 2.05) is 0 Å². The molecule has 3 aromatic rings. The van der Waals surface area contributed by atoms with Crippen LogP contribution in [0.25, 0.3) is 10.9 Å². The summed E-state index contributed by atoms with van der Waals surface area (Å²) in [5.41, 5.74) is 4.16. The van der Waals surface area contributed by atoms with Gasteiger partial charge in [-0.05, 0) is 43.4 Å². The summed E-state index contributed by atoms with van der Waals surface area (Å²) in [7, 11) is 0. The van der Waals surface area contributed by atoms with Crippen LogP contribution < -0.4 is 0 Å². The average Bonchev–Trinajstić information content (AvgIpc) is 3.26. The maximum Gasteiger partial charge on any atom is 0.108 e. The zero-order chi connectivity index (χ0) is 15.9. The fraction of sp³-hybridized carbons (Fsp3) is 0.455. The van der Waals surface area contributed by atoms with Gasteiger partial charge in [-0.15, -0.1) is 0 Å². The highest BCUT2D eigenvalue weighted by Gasteiger charge is 2.29. The molecule has 124 valence electrons. The Bertz CT molecular complexity index is 850. The summed E-state index contributed by atoms with van der Waals surface area (Å²) in [4.78, 5) is 3.46. The Balaban J connectivity index is 1.55. The van der Waals surface area contributed by atoms with E-state index in [1.165, 1.54) is 78.5 Å². The summed E-state index contributed by atoms with van der Waals surface area (Å²) in [6.07, 6.45) is 12.5. The van der Waals surface area contributed by atoms with E-state index in [2.05, 4.69) is 41.5 Å². The van der Waals surface area contributed by atoms with Gasteiger partial charge < -0.3 is 9.40 Å². The molecule has 0 amide bonds. The first-order valence-corrected chi connectivity index (χ1v) is 9.58. The minimum atomic E-state index is 0.492. The number of H-pyrrole nitrogens is 1. The molecule has 2 aliphatic carbocycles. The fourth-order valence-corrected chi connectivity index (χ4v) is 4.87. The van der Waals surface area contributed by atoms with Crippen molar-refractivity contribution in [3.63, 3.8) is 0 Å². The summed E-state index contributed by atoms with van der Waals surface area (Å²) < 4.78 is 6.38. The van der Waals surface area contributed by atoms with E-state index in [1.54, 1.807) is 0 Å². The first-order chi connectivity index (χ1) is 11.9. The van der Waals surface area contributed by atoms with Crippen molar-refractivity contribution in [2.24, 2.45) is 0 Å². The predicted molar refractivity (Wildman–Crippen MR) is 97.6 cm³/mol. The normalized spacial score (nSPS) is 21.9. The Labute approximate surface area is 143 Å². The third-order valence-corrected chi connectivity index (χ3v) is 6.14. The highest BCUT2D eigenvalue weighted by molar-refractivity contribution is 5.84. The van der Waals surface area contributed by atoms with Crippen molar-refractivity contribution in [2.75, 3.05) is 0 Å². The lowest BCUT2D eigenvalue weighted by atomic mass is 9.81. The van der Waals surface area contributed by atoms with Crippen molar-refractivity contribution in [3.8, 4) is 0 Å². The average molecular weight is 319 g/mol. The maximum absolute atomic E-state index is 6.38. The van der Waals surface area contributed by atoms with Crippen molar-refractivity contribution < 1.29 is 4.42 Å². The molecule has 2 aliphatic rings. The van der Waals surface area contributed by atoms with Crippen LogP contribution in [0.2, 0.25) is 0 Å². The van der Waals surface area contributed by atoms with Gasteiger partial charge in [0.1, 0.15) is 11.5 Å². The zero-order valence-electron chi connectivity index (χ0n) is 14.2. The van der Waals surface area contributed by atoms with Gasteiger partial charge in [0.25, 0.3) is 0 Å². The summed E-state index contributed by atoms with van der Waals surface area (Å²) >= 11 is 0. The van der Waals surface area contributed by atoms with Gasteiger partial charge in [-0.2, -0.15) is 0 Å². The zero-order valence-corrected chi connectivity index (χ0v) is 14.2. The number of benzene rings is 1. The van der Waals surface area contributed by atoms with Crippen LogP contribution in [0, 0.1) is 0 Å². The van der Waals surface area contributed by atoms with E-state index in [0.29, 0.717) is 11.8 Å². The lowest BCUT2D eigenvalue weighted by molar-refractivity contribution is 0.356. The molecule has 0 spiro atoms. The van der Waals surface area contributed by atoms with Crippen LogP contribution in [-0.4, -0.2) is 4.98 Å². The van der Waals surface area contributed by atoms with Crippen LogP contribution >= 0.6 is 0 Å². The molecule has 1 saturated carbocycles. The van der Waals surface area contributed by atoms with E-state index < -0.39 is 0 Å². The molecule has 0 saturated heterocycles. The van der Waals surface area contributed by atoms with Crippen molar-refractivity contribution in [1.82, 2.24) is 4.98 Å². The van der Waals surface area contributed by atoms with Crippen LogP contribution in [0.3, 0.4) is 0 Å². The summed E-state index contributed by atoms with van der Waals surface area (Å²) in [6, 6.07) is 11.1. The second kappa shape index (κ2) is 5.84. The third kappa shape index (κ3) is 2.31. The van der Waals surface area contributed by atoms with E-state index in [-0.39, 0.29) is 0 Å². The molecule has 0 bridgehead atoms. The number of fused-ring (bicyclic) bond motifs is 2. The van der Waals surface area contributed by atoms with Gasteiger partial charge >= 0.3 is 0 Å². The van der Waals surface area contributed by atoms with Crippen LogP contribution in [0.15, 0.2) is 40.9 Å². The van der Waals surface area contributed by atoms with E-state index >= 15 is 0 Å². The van der Waals surface area contributed by atoms with Crippen LogP contribution in [0.1, 0.15) is 79.4 Å². The molecule has 2 heteroatoms. The van der Waals surface area contributed by atoms with Crippen LogP contribution in [0.5, 0.6) is 0 Å². The lowest BCUT2D eigenvalue weighted by Crippen LogP contribution is -2.08. The van der Waals surface area contributed by atoms with Crippen molar-refractivity contribution in [3.05, 3.63) is 59.2 Å². The van der Waals surface area contributed by atoms with Gasteiger partial charge in [0.15, 0.2) is 0 Å². The number of hydrogen-bond acceptors (Lipinski definition) is 1. The Morgan fingerprint density at radius 2 is 1.79 bits per heavy atom. The molecule has 2 nitrogen and oxygen atoms in total. The number of aromatic amines is 1. The molecule has 1 atom stereocenters. The number of para-hydroxylation sites is 1. The Kier molecular flexibility index (Phi) is 3.50.